The number of amidine groups is 2. The summed E-state index contributed by atoms with van der Waals surface area (Å²) < 4.78 is 5.89. The van der Waals surface area contributed by atoms with Crippen molar-refractivity contribution in [3.63, 3.8) is 0 Å². The van der Waals surface area contributed by atoms with Crippen LogP contribution in [0, 0.1) is 10.8 Å². The lowest BCUT2D eigenvalue weighted by molar-refractivity contribution is 0.594. The first kappa shape index (κ1) is 15.2. The molecule has 0 aliphatic heterocycles. The molecule has 0 unspecified atom stereocenters. The smallest absolute Gasteiger partial charge is 0.174 e. The fraction of sp³-hybridized carbons (Fsp3) is 0. The monoisotopic (exact) mass is 350 g/mol. The van der Waals surface area contributed by atoms with Gasteiger partial charge in [-0.25, -0.2) is 4.98 Å². The molecule has 0 saturated heterocycles. The number of benzene rings is 1. The first-order chi connectivity index (χ1) is 12.0. The maximum atomic E-state index is 7.51. The normalized spacial score (nSPS) is 11.0. The number of H-pyrrole nitrogens is 1. The van der Waals surface area contributed by atoms with Gasteiger partial charge in [-0.3, -0.25) is 10.8 Å². The van der Waals surface area contributed by atoms with E-state index in [1.165, 1.54) is 11.3 Å². The van der Waals surface area contributed by atoms with Gasteiger partial charge in [0.25, 0.3) is 0 Å². The highest BCUT2D eigenvalue weighted by Crippen LogP contribution is 2.32. The van der Waals surface area contributed by atoms with E-state index in [0.717, 1.165) is 15.9 Å². The molecule has 0 atom stereocenters. The summed E-state index contributed by atoms with van der Waals surface area (Å²) in [6.07, 6.45) is 0. The van der Waals surface area contributed by atoms with Gasteiger partial charge < -0.3 is 20.9 Å². The third-order valence-electron chi connectivity index (χ3n) is 3.75. The van der Waals surface area contributed by atoms with Crippen molar-refractivity contribution in [2.45, 2.75) is 0 Å². The van der Waals surface area contributed by atoms with Crippen molar-refractivity contribution in [3.05, 3.63) is 52.9 Å². The average Bonchev–Trinajstić information content (AvgIpc) is 3.31. The molecule has 0 spiro atoms. The Morgan fingerprint density at radius 2 is 1.80 bits per heavy atom. The van der Waals surface area contributed by atoms with Crippen LogP contribution in [0.4, 0.5) is 0 Å². The predicted molar refractivity (Wildman–Crippen MR) is 99.1 cm³/mol. The maximum Gasteiger partial charge on any atom is 0.174 e. The number of rotatable bonds is 4. The van der Waals surface area contributed by atoms with E-state index in [2.05, 4.69) is 9.97 Å². The zero-order valence-corrected chi connectivity index (χ0v) is 13.8. The van der Waals surface area contributed by atoms with Gasteiger partial charge in [0.2, 0.25) is 0 Å². The zero-order chi connectivity index (χ0) is 17.6. The summed E-state index contributed by atoms with van der Waals surface area (Å²) in [4.78, 5) is 9.30. The molecule has 7 N–H and O–H groups in total. The minimum Gasteiger partial charge on any atom is -0.452 e. The molecular weight excluding hydrogens is 336 g/mol. The second-order valence-corrected chi connectivity index (χ2v) is 6.56. The number of nitrogens with one attached hydrogen (secondary N) is 3. The van der Waals surface area contributed by atoms with Crippen molar-refractivity contribution in [2.24, 2.45) is 11.5 Å². The summed E-state index contributed by atoms with van der Waals surface area (Å²) >= 11 is 1.40. The Bertz CT molecular complexity index is 1120. The number of nitrogens with two attached hydrogens (primary N) is 2. The molecule has 7 nitrogen and oxygen atoms in total. The fourth-order valence-electron chi connectivity index (χ4n) is 2.51. The van der Waals surface area contributed by atoms with Crippen LogP contribution in [-0.2, 0) is 0 Å². The molecule has 0 amide bonds. The van der Waals surface area contributed by atoms with Gasteiger partial charge in [0.1, 0.15) is 17.4 Å². The van der Waals surface area contributed by atoms with E-state index in [-0.39, 0.29) is 11.7 Å². The number of nitrogen functional groups attached to an aromatic ring is 2. The Morgan fingerprint density at radius 1 is 1.00 bits per heavy atom. The topological polar surface area (TPSA) is 142 Å². The molecule has 25 heavy (non-hydrogen) atoms. The van der Waals surface area contributed by atoms with E-state index in [1.54, 1.807) is 18.2 Å². The van der Waals surface area contributed by atoms with Crippen molar-refractivity contribution < 1.29 is 4.42 Å². The lowest BCUT2D eigenvalue weighted by Gasteiger charge is -1.96. The second-order valence-electron chi connectivity index (χ2n) is 5.47. The Balaban J connectivity index is 1.70. The zero-order valence-electron chi connectivity index (χ0n) is 13.0. The van der Waals surface area contributed by atoms with Crippen LogP contribution in [0.3, 0.4) is 0 Å². The molecule has 1 aromatic carbocycles. The molecule has 0 bridgehead atoms. The van der Waals surface area contributed by atoms with E-state index in [1.807, 2.05) is 24.3 Å². The van der Waals surface area contributed by atoms with Crippen molar-refractivity contribution in [2.75, 3.05) is 0 Å². The average molecular weight is 350 g/mol. The third-order valence-corrected chi connectivity index (χ3v) is 4.88. The molecule has 0 fully saturated rings. The van der Waals surface area contributed by atoms with Gasteiger partial charge >= 0.3 is 0 Å². The summed E-state index contributed by atoms with van der Waals surface area (Å²) in [5.41, 5.74) is 13.2. The Hall–Kier alpha value is -3.39. The van der Waals surface area contributed by atoms with Crippen molar-refractivity contribution in [1.82, 2.24) is 9.97 Å². The van der Waals surface area contributed by atoms with E-state index >= 15 is 0 Å². The number of aromatic nitrogens is 2. The van der Waals surface area contributed by atoms with Crippen LogP contribution in [0.2, 0.25) is 0 Å². The number of furan rings is 1. The molecule has 0 aliphatic rings. The number of hydrogen-bond donors (Lipinski definition) is 5. The number of aromatic amines is 1. The summed E-state index contributed by atoms with van der Waals surface area (Å²) in [6.45, 7) is 0. The van der Waals surface area contributed by atoms with Gasteiger partial charge in [-0.05, 0) is 42.5 Å². The van der Waals surface area contributed by atoms with Crippen LogP contribution in [0.5, 0.6) is 0 Å². The van der Waals surface area contributed by atoms with Gasteiger partial charge in [-0.2, -0.15) is 0 Å². The van der Waals surface area contributed by atoms with Crippen molar-refractivity contribution in [3.8, 4) is 22.2 Å². The number of imidazole rings is 1. The molecule has 0 radical (unpaired) electrons. The summed E-state index contributed by atoms with van der Waals surface area (Å²) in [5.74, 6) is 1.95. The largest absolute Gasteiger partial charge is 0.452 e. The number of thiophene rings is 1. The first-order valence-corrected chi connectivity index (χ1v) is 8.22. The highest BCUT2D eigenvalue weighted by atomic mass is 32.1. The summed E-state index contributed by atoms with van der Waals surface area (Å²) in [7, 11) is 0. The standard InChI is InChI=1S/C17H14N6OS/c18-15(19)8-1-2-9-10(7-8)23-17(22-9)12-4-3-11(24-12)13-5-6-14(25-13)16(20)21/h1-7H,(H3,18,19)(H3,20,21)(H,22,23). The molecule has 8 heteroatoms. The maximum absolute atomic E-state index is 7.51. The van der Waals surface area contributed by atoms with Gasteiger partial charge in [-0.1, -0.05) is 0 Å². The van der Waals surface area contributed by atoms with Gasteiger partial charge in [0, 0.05) is 5.56 Å². The van der Waals surface area contributed by atoms with E-state index in [0.29, 0.717) is 27.8 Å². The van der Waals surface area contributed by atoms with Gasteiger partial charge in [-0.15, -0.1) is 11.3 Å². The second kappa shape index (κ2) is 5.60. The number of nitrogens with zero attached hydrogens (tertiary/aromatic N) is 1. The van der Waals surface area contributed by atoms with E-state index in [4.69, 9.17) is 26.7 Å². The first-order valence-electron chi connectivity index (χ1n) is 7.40. The molecule has 124 valence electrons. The summed E-state index contributed by atoms with van der Waals surface area (Å²) in [6, 6.07) is 12.7. The van der Waals surface area contributed by atoms with Crippen LogP contribution in [0.25, 0.3) is 33.3 Å². The van der Waals surface area contributed by atoms with Crippen LogP contribution in [-0.4, -0.2) is 21.6 Å². The Morgan fingerprint density at radius 3 is 2.52 bits per heavy atom. The Labute approximate surface area is 146 Å². The van der Waals surface area contributed by atoms with Crippen LogP contribution < -0.4 is 11.5 Å². The Kier molecular flexibility index (Phi) is 3.40. The van der Waals surface area contributed by atoms with Crippen molar-refractivity contribution in [1.29, 1.82) is 10.8 Å². The molecule has 4 aromatic rings. The minimum atomic E-state index is 0.0114. The molecule has 0 saturated carbocycles. The van der Waals surface area contributed by atoms with Gasteiger partial charge in [0.05, 0.1) is 20.8 Å². The lowest BCUT2D eigenvalue weighted by atomic mass is 10.2. The van der Waals surface area contributed by atoms with Crippen LogP contribution in [0.1, 0.15) is 10.4 Å². The summed E-state index contributed by atoms with van der Waals surface area (Å²) in [5, 5.41) is 15.0. The molecular formula is C17H14N6OS. The molecule has 4 rings (SSSR count). The minimum absolute atomic E-state index is 0.0114. The molecule has 3 heterocycles. The molecule has 0 aliphatic carbocycles. The van der Waals surface area contributed by atoms with Crippen LogP contribution >= 0.6 is 11.3 Å². The SMILES string of the molecule is N=C(N)c1ccc2nc(-c3ccc(-c4ccc(C(=N)N)s4)o3)[nH]c2c1. The van der Waals surface area contributed by atoms with Crippen LogP contribution in [0.15, 0.2) is 46.9 Å². The quantitative estimate of drug-likeness (QED) is 0.285. The van der Waals surface area contributed by atoms with Crippen molar-refractivity contribution >= 4 is 34.0 Å². The number of hydrogen-bond acceptors (Lipinski definition) is 5. The highest BCUT2D eigenvalue weighted by molar-refractivity contribution is 7.17. The predicted octanol–water partition coefficient (Wildman–Crippen LogP) is 3.12. The number of fused-ring (bicyclic) bond motifs is 1. The third kappa shape index (κ3) is 2.68. The highest BCUT2D eigenvalue weighted by Gasteiger charge is 2.13. The fourth-order valence-corrected chi connectivity index (χ4v) is 3.34. The van der Waals surface area contributed by atoms with Gasteiger partial charge in [0.15, 0.2) is 11.6 Å². The lowest BCUT2D eigenvalue weighted by Crippen LogP contribution is -2.10. The van der Waals surface area contributed by atoms with E-state index in [9.17, 15) is 0 Å². The molecule has 3 aromatic heterocycles. The van der Waals surface area contributed by atoms with E-state index < -0.39 is 0 Å².